The number of aromatic nitrogens is 2. The quantitative estimate of drug-likeness (QED) is 0.518. The summed E-state index contributed by atoms with van der Waals surface area (Å²) in [5.41, 5.74) is 7.49. The van der Waals surface area contributed by atoms with Crippen molar-refractivity contribution < 1.29 is 9.32 Å². The van der Waals surface area contributed by atoms with Crippen LogP contribution in [0.4, 0.5) is 5.69 Å². The lowest BCUT2D eigenvalue weighted by molar-refractivity contribution is 0.102. The molecule has 26 heavy (non-hydrogen) atoms. The van der Waals surface area contributed by atoms with Crippen molar-refractivity contribution in [3.63, 3.8) is 0 Å². The van der Waals surface area contributed by atoms with E-state index < -0.39 is 0 Å². The van der Waals surface area contributed by atoms with Gasteiger partial charge in [-0.05, 0) is 53.8 Å². The van der Waals surface area contributed by atoms with E-state index in [1.165, 1.54) is 28.5 Å². The standard InChI is InChI=1S/C21H15N3O2/c1-12-19-10-15(11-22-21(19)26-24-12)20(25)23-16-6-7-18-14(9-16)8-13-4-2-3-5-17(13)18/h2-7,9-11H,8H2,1H3,(H,23,25). The Labute approximate surface area is 149 Å². The third-order valence-corrected chi connectivity index (χ3v) is 4.82. The first-order valence-corrected chi connectivity index (χ1v) is 8.43. The lowest BCUT2D eigenvalue weighted by Crippen LogP contribution is -2.12. The molecule has 1 amide bonds. The number of benzene rings is 2. The van der Waals surface area contributed by atoms with E-state index in [4.69, 9.17) is 4.52 Å². The van der Waals surface area contributed by atoms with Crippen LogP contribution < -0.4 is 5.32 Å². The molecule has 2 aromatic carbocycles. The monoisotopic (exact) mass is 341 g/mol. The molecule has 126 valence electrons. The molecule has 1 N–H and O–H groups in total. The van der Waals surface area contributed by atoms with E-state index in [0.29, 0.717) is 11.3 Å². The van der Waals surface area contributed by atoms with E-state index in [9.17, 15) is 4.79 Å². The number of amides is 1. The van der Waals surface area contributed by atoms with Gasteiger partial charge in [0.2, 0.25) is 0 Å². The Morgan fingerprint density at radius 2 is 1.92 bits per heavy atom. The highest BCUT2D eigenvalue weighted by molar-refractivity contribution is 6.05. The first-order chi connectivity index (χ1) is 12.7. The molecule has 5 rings (SSSR count). The van der Waals surface area contributed by atoms with Gasteiger partial charge in [0.15, 0.2) is 0 Å². The van der Waals surface area contributed by atoms with Crippen LogP contribution >= 0.6 is 0 Å². The van der Waals surface area contributed by atoms with Gasteiger partial charge in [0.05, 0.1) is 16.6 Å². The number of aryl methyl sites for hydroxylation is 1. The summed E-state index contributed by atoms with van der Waals surface area (Å²) in [6.07, 6.45) is 2.40. The van der Waals surface area contributed by atoms with Gasteiger partial charge >= 0.3 is 0 Å². The Bertz CT molecular complexity index is 1180. The first kappa shape index (κ1) is 14.8. The van der Waals surface area contributed by atoms with E-state index in [1.807, 2.05) is 19.1 Å². The molecule has 4 aromatic rings. The molecule has 0 bridgehead atoms. The van der Waals surface area contributed by atoms with Gasteiger partial charge in [0.25, 0.3) is 11.6 Å². The molecule has 0 unspecified atom stereocenters. The normalized spacial score (nSPS) is 12.0. The SMILES string of the molecule is Cc1noc2ncc(C(=O)Nc3ccc4c(c3)Cc3ccccc3-4)cc12. The summed E-state index contributed by atoms with van der Waals surface area (Å²) >= 11 is 0. The zero-order valence-corrected chi connectivity index (χ0v) is 14.1. The van der Waals surface area contributed by atoms with Crippen molar-refractivity contribution in [2.75, 3.05) is 5.32 Å². The van der Waals surface area contributed by atoms with E-state index in [1.54, 1.807) is 6.07 Å². The highest BCUT2D eigenvalue weighted by Gasteiger charge is 2.18. The summed E-state index contributed by atoms with van der Waals surface area (Å²) in [6.45, 7) is 1.83. The molecule has 1 aliphatic carbocycles. The minimum atomic E-state index is -0.199. The molecule has 2 heterocycles. The lowest BCUT2D eigenvalue weighted by Gasteiger charge is -2.08. The smallest absolute Gasteiger partial charge is 0.257 e. The fourth-order valence-corrected chi connectivity index (χ4v) is 3.50. The Morgan fingerprint density at radius 1 is 1.08 bits per heavy atom. The predicted molar refractivity (Wildman–Crippen MR) is 99.2 cm³/mol. The Hall–Kier alpha value is -3.47. The van der Waals surface area contributed by atoms with Crippen molar-refractivity contribution in [3.8, 4) is 11.1 Å². The van der Waals surface area contributed by atoms with Crippen LogP contribution in [0.5, 0.6) is 0 Å². The van der Waals surface area contributed by atoms with Crippen molar-refractivity contribution in [1.82, 2.24) is 10.1 Å². The van der Waals surface area contributed by atoms with E-state index >= 15 is 0 Å². The number of hydrogen-bond donors (Lipinski definition) is 1. The molecule has 0 spiro atoms. The van der Waals surface area contributed by atoms with Crippen LogP contribution in [0.1, 0.15) is 27.2 Å². The third kappa shape index (κ3) is 2.29. The average molecular weight is 341 g/mol. The second-order valence-electron chi connectivity index (χ2n) is 6.50. The fourth-order valence-electron chi connectivity index (χ4n) is 3.50. The van der Waals surface area contributed by atoms with Gasteiger partial charge in [-0.1, -0.05) is 35.5 Å². The van der Waals surface area contributed by atoms with Crippen LogP contribution in [-0.4, -0.2) is 16.0 Å². The van der Waals surface area contributed by atoms with Gasteiger partial charge < -0.3 is 9.84 Å². The number of hydrogen-bond acceptors (Lipinski definition) is 4. The maximum absolute atomic E-state index is 12.6. The highest BCUT2D eigenvalue weighted by Crippen LogP contribution is 2.37. The van der Waals surface area contributed by atoms with Crippen LogP contribution in [0.3, 0.4) is 0 Å². The molecule has 0 aliphatic heterocycles. The van der Waals surface area contributed by atoms with Gasteiger partial charge in [0, 0.05) is 11.9 Å². The minimum Gasteiger partial charge on any atom is -0.336 e. The molecule has 0 saturated carbocycles. The molecule has 0 saturated heterocycles. The number of carbonyl (C=O) groups is 1. The van der Waals surface area contributed by atoms with E-state index in [0.717, 1.165) is 23.2 Å². The van der Waals surface area contributed by atoms with E-state index in [2.05, 4.69) is 45.8 Å². The molecule has 2 aromatic heterocycles. The van der Waals surface area contributed by atoms with Crippen LogP contribution in [0.2, 0.25) is 0 Å². The molecule has 5 nitrogen and oxygen atoms in total. The molecule has 0 fully saturated rings. The highest BCUT2D eigenvalue weighted by atomic mass is 16.5. The second kappa shape index (κ2) is 5.52. The van der Waals surface area contributed by atoms with Gasteiger partial charge in [-0.2, -0.15) is 0 Å². The molecular weight excluding hydrogens is 326 g/mol. The van der Waals surface area contributed by atoms with Crippen molar-refractivity contribution in [2.24, 2.45) is 0 Å². The summed E-state index contributed by atoms with van der Waals surface area (Å²) in [5, 5.41) is 7.58. The van der Waals surface area contributed by atoms with Gasteiger partial charge in [-0.3, -0.25) is 4.79 Å². The van der Waals surface area contributed by atoms with Crippen molar-refractivity contribution >= 4 is 22.7 Å². The minimum absolute atomic E-state index is 0.199. The number of nitrogens with one attached hydrogen (secondary N) is 1. The topological polar surface area (TPSA) is 68.0 Å². The number of nitrogens with zero attached hydrogens (tertiary/aromatic N) is 2. The molecule has 5 heteroatoms. The third-order valence-electron chi connectivity index (χ3n) is 4.82. The summed E-state index contributed by atoms with van der Waals surface area (Å²) in [6, 6.07) is 16.2. The largest absolute Gasteiger partial charge is 0.336 e. The number of pyridine rings is 1. The number of anilines is 1. The van der Waals surface area contributed by atoms with Crippen LogP contribution in [0, 0.1) is 6.92 Å². The Kier molecular flexibility index (Phi) is 3.15. The van der Waals surface area contributed by atoms with Gasteiger partial charge in [0.1, 0.15) is 0 Å². The Balaban J connectivity index is 1.43. The van der Waals surface area contributed by atoms with Gasteiger partial charge in [-0.15, -0.1) is 0 Å². The molecule has 0 radical (unpaired) electrons. The van der Waals surface area contributed by atoms with Crippen molar-refractivity contribution in [1.29, 1.82) is 0 Å². The second-order valence-corrected chi connectivity index (χ2v) is 6.50. The average Bonchev–Trinajstić information content (AvgIpc) is 3.21. The Morgan fingerprint density at radius 3 is 2.85 bits per heavy atom. The maximum Gasteiger partial charge on any atom is 0.257 e. The number of rotatable bonds is 2. The number of fused-ring (bicyclic) bond motifs is 4. The van der Waals surface area contributed by atoms with Crippen molar-refractivity contribution in [3.05, 3.63) is 77.1 Å². The number of carbonyl (C=O) groups excluding carboxylic acids is 1. The van der Waals surface area contributed by atoms with E-state index in [-0.39, 0.29) is 5.91 Å². The van der Waals surface area contributed by atoms with Gasteiger partial charge in [-0.25, -0.2) is 4.98 Å². The molecule has 0 atom stereocenters. The maximum atomic E-state index is 12.6. The van der Waals surface area contributed by atoms with Crippen molar-refractivity contribution in [2.45, 2.75) is 13.3 Å². The lowest BCUT2D eigenvalue weighted by atomic mass is 10.1. The zero-order chi connectivity index (χ0) is 17.7. The summed E-state index contributed by atoms with van der Waals surface area (Å²) < 4.78 is 5.09. The summed E-state index contributed by atoms with van der Waals surface area (Å²) in [7, 11) is 0. The summed E-state index contributed by atoms with van der Waals surface area (Å²) in [4.78, 5) is 16.8. The predicted octanol–water partition coefficient (Wildman–Crippen LogP) is 4.35. The first-order valence-electron chi connectivity index (χ1n) is 8.43. The zero-order valence-electron chi connectivity index (χ0n) is 14.1. The van der Waals surface area contributed by atoms with Crippen LogP contribution in [0.25, 0.3) is 22.2 Å². The molecule has 1 aliphatic rings. The summed E-state index contributed by atoms with van der Waals surface area (Å²) in [5.74, 6) is -0.199. The van der Waals surface area contributed by atoms with Crippen LogP contribution in [0.15, 0.2) is 59.3 Å². The molecular formula is C21H15N3O2. The van der Waals surface area contributed by atoms with Crippen LogP contribution in [-0.2, 0) is 6.42 Å². The fraction of sp³-hybridized carbons (Fsp3) is 0.0952.